The summed E-state index contributed by atoms with van der Waals surface area (Å²) in [7, 11) is 0. The Balaban J connectivity index is 1.47. The number of aryl methyl sites for hydroxylation is 2. The van der Waals surface area contributed by atoms with E-state index in [-0.39, 0.29) is 12.1 Å². The number of pyridine rings is 1. The molecule has 7 heteroatoms. The molecule has 5 rings (SSSR count). The molecule has 2 fully saturated rings. The molecule has 0 spiro atoms. The van der Waals surface area contributed by atoms with Gasteiger partial charge in [-0.1, -0.05) is 18.2 Å². The number of nitrogens with zero attached hydrogens (tertiary/aromatic N) is 4. The van der Waals surface area contributed by atoms with Gasteiger partial charge in [-0.25, -0.2) is 0 Å². The second kappa shape index (κ2) is 10.5. The molecule has 184 valence electrons. The minimum absolute atomic E-state index is 0.0217. The Hall–Kier alpha value is -2.74. The van der Waals surface area contributed by atoms with E-state index in [4.69, 9.17) is 21.9 Å². The van der Waals surface area contributed by atoms with E-state index in [9.17, 15) is 0 Å². The van der Waals surface area contributed by atoms with Crippen molar-refractivity contribution in [3.63, 3.8) is 0 Å². The molecule has 0 saturated carbocycles. The lowest BCUT2D eigenvalue weighted by molar-refractivity contribution is 0.0369. The molecule has 4 heterocycles. The molecule has 0 radical (unpaired) electrons. The van der Waals surface area contributed by atoms with Gasteiger partial charge in [0, 0.05) is 49.5 Å². The summed E-state index contributed by atoms with van der Waals surface area (Å²) in [5.74, 6) is 0. The number of hydrogen-bond acceptors (Lipinski definition) is 4. The van der Waals surface area contributed by atoms with Crippen LogP contribution in [-0.4, -0.2) is 52.4 Å². The van der Waals surface area contributed by atoms with E-state index >= 15 is 0 Å². The Kier molecular flexibility index (Phi) is 7.18. The van der Waals surface area contributed by atoms with Crippen LogP contribution in [0.3, 0.4) is 0 Å². The van der Waals surface area contributed by atoms with Gasteiger partial charge in [-0.2, -0.15) is 0 Å². The van der Waals surface area contributed by atoms with Crippen LogP contribution in [0.1, 0.15) is 46.7 Å². The van der Waals surface area contributed by atoms with Crippen LogP contribution in [-0.2, 0) is 11.3 Å². The van der Waals surface area contributed by atoms with Gasteiger partial charge in [0.2, 0.25) is 0 Å². The number of benzene rings is 1. The predicted molar refractivity (Wildman–Crippen MR) is 145 cm³/mol. The Bertz CT molecular complexity index is 1170. The monoisotopic (exact) mass is 489 g/mol. The highest BCUT2D eigenvalue weighted by Crippen LogP contribution is 2.43. The molecule has 0 bridgehead atoms. The number of nitrogens with one attached hydrogen (secondary N) is 1. The van der Waals surface area contributed by atoms with Crippen LogP contribution in [0.4, 0.5) is 5.69 Å². The fourth-order valence-electron chi connectivity index (χ4n) is 5.48. The van der Waals surface area contributed by atoms with Gasteiger partial charge in [0.1, 0.15) is 0 Å². The molecule has 2 aliphatic rings. The van der Waals surface area contributed by atoms with Gasteiger partial charge in [0.25, 0.3) is 0 Å². The summed E-state index contributed by atoms with van der Waals surface area (Å²) in [5.41, 5.74) is 7.24. The van der Waals surface area contributed by atoms with Gasteiger partial charge >= 0.3 is 0 Å². The number of rotatable bonds is 7. The molecule has 2 saturated heterocycles. The highest BCUT2D eigenvalue weighted by molar-refractivity contribution is 7.80. The number of hydrogen-bond donors (Lipinski definition) is 1. The van der Waals surface area contributed by atoms with Crippen molar-refractivity contribution in [1.29, 1.82) is 0 Å². The summed E-state index contributed by atoms with van der Waals surface area (Å²) in [6.07, 6.45) is 2.99. The van der Waals surface area contributed by atoms with Crippen LogP contribution in [0, 0.1) is 20.8 Å². The van der Waals surface area contributed by atoms with E-state index in [1.807, 2.05) is 18.3 Å². The average molecular weight is 490 g/mol. The van der Waals surface area contributed by atoms with E-state index in [2.05, 4.69) is 76.9 Å². The quantitative estimate of drug-likeness (QED) is 0.485. The molecule has 2 aromatic heterocycles. The topological polar surface area (TPSA) is 45.6 Å². The third-order valence-electron chi connectivity index (χ3n) is 7.27. The predicted octanol–water partition coefficient (Wildman–Crippen LogP) is 4.71. The van der Waals surface area contributed by atoms with Crippen molar-refractivity contribution in [3.8, 4) is 0 Å². The van der Waals surface area contributed by atoms with E-state index in [1.54, 1.807) is 0 Å². The van der Waals surface area contributed by atoms with Gasteiger partial charge in [-0.3, -0.25) is 9.88 Å². The van der Waals surface area contributed by atoms with Crippen LogP contribution < -0.4 is 10.2 Å². The normalized spacial score (nSPS) is 20.9. The zero-order valence-electron chi connectivity index (χ0n) is 20.9. The Morgan fingerprint density at radius 3 is 2.60 bits per heavy atom. The number of thiocarbonyl (C=S) groups is 1. The molecule has 0 amide bonds. The van der Waals surface area contributed by atoms with Crippen molar-refractivity contribution >= 4 is 23.0 Å². The number of aromatic nitrogens is 2. The second-order valence-corrected chi connectivity index (χ2v) is 10.0. The van der Waals surface area contributed by atoms with Crippen LogP contribution in [0.2, 0.25) is 0 Å². The molecule has 1 N–H and O–H groups in total. The Morgan fingerprint density at radius 2 is 1.86 bits per heavy atom. The molecule has 0 aliphatic carbocycles. The summed E-state index contributed by atoms with van der Waals surface area (Å²) in [6, 6.07) is 17.1. The molecule has 35 heavy (non-hydrogen) atoms. The summed E-state index contributed by atoms with van der Waals surface area (Å²) in [5, 5.41) is 4.34. The molecule has 3 aromatic rings. The number of morpholine rings is 1. The van der Waals surface area contributed by atoms with Gasteiger partial charge in [0.05, 0.1) is 31.0 Å². The lowest BCUT2D eigenvalue weighted by Gasteiger charge is -2.28. The molecular formula is C28H35N5OS. The molecule has 1 aromatic carbocycles. The first-order valence-electron chi connectivity index (χ1n) is 12.6. The van der Waals surface area contributed by atoms with E-state index in [1.165, 1.54) is 22.5 Å². The third kappa shape index (κ3) is 4.99. The lowest BCUT2D eigenvalue weighted by Crippen LogP contribution is -2.37. The van der Waals surface area contributed by atoms with Crippen LogP contribution in [0.5, 0.6) is 0 Å². The van der Waals surface area contributed by atoms with Crippen LogP contribution in [0.15, 0.2) is 54.7 Å². The van der Waals surface area contributed by atoms with Crippen molar-refractivity contribution in [2.24, 2.45) is 0 Å². The van der Waals surface area contributed by atoms with Gasteiger partial charge in [-0.15, -0.1) is 0 Å². The first-order chi connectivity index (χ1) is 17.0. The summed E-state index contributed by atoms with van der Waals surface area (Å²) in [6.45, 7) is 12.5. The first-order valence-corrected chi connectivity index (χ1v) is 13.0. The van der Waals surface area contributed by atoms with Crippen molar-refractivity contribution in [1.82, 2.24) is 19.8 Å². The molecule has 6 nitrogen and oxygen atoms in total. The van der Waals surface area contributed by atoms with Crippen LogP contribution in [0.25, 0.3) is 0 Å². The zero-order valence-corrected chi connectivity index (χ0v) is 21.7. The maximum Gasteiger partial charge on any atom is 0.174 e. The average Bonchev–Trinajstić information content (AvgIpc) is 3.36. The fraction of sp³-hybridized carbons (Fsp3) is 0.429. The van der Waals surface area contributed by atoms with E-state index in [0.717, 1.165) is 62.3 Å². The van der Waals surface area contributed by atoms with Gasteiger partial charge in [-0.05, 0) is 80.9 Å². The SMILES string of the molecule is Cc1cccc(N2C(=S)N[C@@H](c3ccccn3)[C@H]2c2cc(C)n(CCCN3CCOCC3)c2C)c1. The summed E-state index contributed by atoms with van der Waals surface area (Å²) >= 11 is 5.91. The fourth-order valence-corrected chi connectivity index (χ4v) is 5.82. The largest absolute Gasteiger partial charge is 0.379 e. The lowest BCUT2D eigenvalue weighted by atomic mass is 9.96. The number of anilines is 1. The summed E-state index contributed by atoms with van der Waals surface area (Å²) in [4.78, 5) is 9.49. The molecule has 0 unspecified atom stereocenters. The Labute approximate surface area is 213 Å². The van der Waals surface area contributed by atoms with Gasteiger partial charge < -0.3 is 19.5 Å². The maximum atomic E-state index is 5.91. The highest BCUT2D eigenvalue weighted by atomic mass is 32.1. The van der Waals surface area contributed by atoms with Crippen molar-refractivity contribution in [2.45, 2.75) is 45.8 Å². The second-order valence-electron chi connectivity index (χ2n) is 9.62. The smallest absolute Gasteiger partial charge is 0.174 e. The zero-order chi connectivity index (χ0) is 24.4. The van der Waals surface area contributed by atoms with E-state index < -0.39 is 0 Å². The molecule has 2 aliphatic heterocycles. The first kappa shape index (κ1) is 24.0. The number of ether oxygens (including phenoxy) is 1. The van der Waals surface area contributed by atoms with Crippen molar-refractivity contribution < 1.29 is 4.74 Å². The molecular weight excluding hydrogens is 454 g/mol. The van der Waals surface area contributed by atoms with Crippen LogP contribution >= 0.6 is 12.2 Å². The van der Waals surface area contributed by atoms with E-state index in [0.29, 0.717) is 0 Å². The Morgan fingerprint density at radius 1 is 1.03 bits per heavy atom. The standard InChI is InChI=1S/C28H35N5OS/c1-20-8-6-9-23(18-20)33-27(26(30-28(33)35)25-10-4-5-11-29-25)24-19-21(2)32(22(24)3)13-7-12-31-14-16-34-17-15-31/h4-6,8-11,18-19,26-27H,7,12-17H2,1-3H3,(H,30,35)/t26-,27+/m0/s1. The van der Waals surface area contributed by atoms with Gasteiger partial charge in [0.15, 0.2) is 5.11 Å². The van der Waals surface area contributed by atoms with Crippen molar-refractivity contribution in [2.75, 3.05) is 37.7 Å². The minimum atomic E-state index is -0.0217. The van der Waals surface area contributed by atoms with Crippen molar-refractivity contribution in [3.05, 3.63) is 82.9 Å². The third-order valence-corrected chi connectivity index (χ3v) is 7.58. The summed E-state index contributed by atoms with van der Waals surface area (Å²) < 4.78 is 7.97. The highest BCUT2D eigenvalue weighted by Gasteiger charge is 2.42. The molecule has 2 atom stereocenters. The minimum Gasteiger partial charge on any atom is -0.379 e. The maximum absolute atomic E-state index is 5.91.